The van der Waals surface area contributed by atoms with Crippen LogP contribution in [0.3, 0.4) is 0 Å². The largest absolute Gasteiger partial charge is 0.480 e. The summed E-state index contributed by atoms with van der Waals surface area (Å²) in [6.07, 6.45) is 4.01. The predicted octanol–water partition coefficient (Wildman–Crippen LogP) is 3.98. The quantitative estimate of drug-likeness (QED) is 0.516. The van der Waals surface area contributed by atoms with E-state index in [2.05, 4.69) is 23.9 Å². The predicted molar refractivity (Wildman–Crippen MR) is 123 cm³/mol. The lowest BCUT2D eigenvalue weighted by Crippen LogP contribution is -2.20. The molecule has 0 saturated carbocycles. The number of ether oxygens (including phenoxy) is 1. The molecule has 1 atom stereocenters. The first kappa shape index (κ1) is 23.4. The second kappa shape index (κ2) is 9.47. The average molecular weight is 482 g/mol. The summed E-state index contributed by atoms with van der Waals surface area (Å²) in [6.45, 7) is 3.90. The van der Waals surface area contributed by atoms with Gasteiger partial charge in [-0.15, -0.1) is 9.24 Å². The highest BCUT2D eigenvalue weighted by molar-refractivity contribution is 7.92. The van der Waals surface area contributed by atoms with E-state index >= 15 is 0 Å². The van der Waals surface area contributed by atoms with Crippen molar-refractivity contribution in [2.45, 2.75) is 31.6 Å². The highest BCUT2D eigenvalue weighted by atomic mass is 35.5. The molecule has 31 heavy (non-hydrogen) atoms. The number of nitrogens with zero attached hydrogens (tertiary/aromatic N) is 2. The number of rotatable bonds is 7. The van der Waals surface area contributed by atoms with Gasteiger partial charge in [-0.2, -0.15) is 0 Å². The number of methoxy groups -OCH3 is 1. The van der Waals surface area contributed by atoms with Gasteiger partial charge in [0.05, 0.1) is 17.8 Å². The number of aryl methyl sites for hydroxylation is 3. The summed E-state index contributed by atoms with van der Waals surface area (Å²) in [7, 11) is -0.338. The Hall–Kier alpha value is -2.28. The van der Waals surface area contributed by atoms with E-state index in [1.165, 1.54) is 31.5 Å². The molecule has 0 bridgehead atoms. The SMILES string of the molecule is COc1ncc(Cl)cc1S(=O)(=O)Nc1ccc(F)c(CCc2cnc(C)c(C)c2)c1P. The smallest absolute Gasteiger partial charge is 0.267 e. The summed E-state index contributed by atoms with van der Waals surface area (Å²) < 4.78 is 47.9. The minimum atomic E-state index is -4.08. The van der Waals surface area contributed by atoms with E-state index in [0.717, 1.165) is 16.8 Å². The van der Waals surface area contributed by atoms with Gasteiger partial charge in [0.15, 0.2) is 4.90 Å². The Kier molecular flexibility index (Phi) is 7.14. The lowest BCUT2D eigenvalue weighted by Gasteiger charge is -2.16. The molecule has 0 amide bonds. The maximum atomic E-state index is 14.6. The molecule has 0 fully saturated rings. The zero-order valence-corrected chi connectivity index (χ0v) is 20.0. The third-order valence-electron chi connectivity index (χ3n) is 4.87. The number of sulfonamides is 1. The molecule has 0 aliphatic heterocycles. The van der Waals surface area contributed by atoms with Gasteiger partial charge in [-0.05, 0) is 66.9 Å². The Morgan fingerprint density at radius 1 is 1.16 bits per heavy atom. The molecule has 3 aromatic rings. The van der Waals surface area contributed by atoms with Gasteiger partial charge in [0.1, 0.15) is 5.82 Å². The van der Waals surface area contributed by atoms with Crippen molar-refractivity contribution in [1.82, 2.24) is 9.97 Å². The van der Waals surface area contributed by atoms with E-state index in [-0.39, 0.29) is 21.5 Å². The number of pyridine rings is 2. The molecule has 0 radical (unpaired) electrons. The van der Waals surface area contributed by atoms with Crippen LogP contribution in [-0.2, 0) is 22.9 Å². The summed E-state index contributed by atoms with van der Waals surface area (Å²) in [5, 5.41) is 0.573. The van der Waals surface area contributed by atoms with Crippen LogP contribution in [0.2, 0.25) is 5.02 Å². The van der Waals surface area contributed by atoms with E-state index in [9.17, 15) is 12.8 Å². The van der Waals surface area contributed by atoms with Crippen molar-refractivity contribution in [2.75, 3.05) is 11.8 Å². The molecule has 10 heteroatoms. The van der Waals surface area contributed by atoms with E-state index in [4.69, 9.17) is 16.3 Å². The maximum absolute atomic E-state index is 14.6. The Morgan fingerprint density at radius 3 is 2.58 bits per heavy atom. The van der Waals surface area contributed by atoms with Crippen LogP contribution >= 0.6 is 20.8 Å². The van der Waals surface area contributed by atoms with Crippen LogP contribution in [0.25, 0.3) is 0 Å². The number of hydrogen-bond acceptors (Lipinski definition) is 5. The van der Waals surface area contributed by atoms with Crippen molar-refractivity contribution in [1.29, 1.82) is 0 Å². The van der Waals surface area contributed by atoms with Crippen molar-refractivity contribution in [3.63, 3.8) is 0 Å². The van der Waals surface area contributed by atoms with Crippen molar-refractivity contribution in [2.24, 2.45) is 0 Å². The second-order valence-corrected chi connectivity index (χ2v) is 9.66. The Balaban J connectivity index is 1.89. The molecule has 0 aliphatic rings. The molecule has 0 saturated heterocycles. The standard InChI is InChI=1S/C21H22ClFN3O3PS/c1-12-8-14(10-24-13(12)2)4-5-16-17(23)6-7-18(20(16)30)26-31(27,28)19-9-15(22)11-25-21(19)29-3/h6-11,26H,4-5,30H2,1-3H3. The van der Waals surface area contributed by atoms with Crippen LogP contribution in [0.4, 0.5) is 10.1 Å². The van der Waals surface area contributed by atoms with Crippen LogP contribution in [0.15, 0.2) is 41.6 Å². The molecule has 1 N–H and O–H groups in total. The molecule has 1 aromatic carbocycles. The highest BCUT2D eigenvalue weighted by Gasteiger charge is 2.23. The Labute approximate surface area is 188 Å². The van der Waals surface area contributed by atoms with E-state index in [0.29, 0.717) is 23.7 Å². The monoisotopic (exact) mass is 481 g/mol. The molecule has 1 unspecified atom stereocenters. The fourth-order valence-electron chi connectivity index (χ4n) is 3.04. The van der Waals surface area contributed by atoms with Gasteiger partial charge in [-0.25, -0.2) is 17.8 Å². The third-order valence-corrected chi connectivity index (χ3v) is 7.10. The van der Waals surface area contributed by atoms with Gasteiger partial charge < -0.3 is 4.74 Å². The van der Waals surface area contributed by atoms with Crippen LogP contribution in [-0.4, -0.2) is 25.5 Å². The zero-order valence-electron chi connectivity index (χ0n) is 17.2. The normalized spacial score (nSPS) is 11.4. The summed E-state index contributed by atoms with van der Waals surface area (Å²) in [6, 6.07) is 5.89. The second-order valence-electron chi connectivity index (χ2n) is 7.00. The average Bonchev–Trinajstić information content (AvgIpc) is 2.72. The van der Waals surface area contributed by atoms with Crippen molar-refractivity contribution in [3.8, 4) is 5.88 Å². The zero-order chi connectivity index (χ0) is 22.8. The third kappa shape index (κ3) is 5.32. The van der Waals surface area contributed by atoms with E-state index < -0.39 is 15.8 Å². The number of halogens is 2. The van der Waals surface area contributed by atoms with Gasteiger partial charge in [0.2, 0.25) is 5.88 Å². The van der Waals surface area contributed by atoms with Crippen molar-refractivity contribution in [3.05, 3.63) is 69.9 Å². The molecular weight excluding hydrogens is 460 g/mol. The fourth-order valence-corrected chi connectivity index (χ4v) is 5.05. The van der Waals surface area contributed by atoms with Crippen LogP contribution in [0.1, 0.15) is 22.4 Å². The summed E-state index contributed by atoms with van der Waals surface area (Å²) in [5.74, 6) is -0.501. The molecular formula is C21H22ClFN3O3PS. The van der Waals surface area contributed by atoms with Gasteiger partial charge in [0, 0.05) is 18.1 Å². The molecule has 0 spiro atoms. The van der Waals surface area contributed by atoms with Crippen molar-refractivity contribution >= 4 is 41.9 Å². The fraction of sp³-hybridized carbons (Fsp3) is 0.238. The number of benzene rings is 1. The molecule has 2 aromatic heterocycles. The number of aromatic nitrogens is 2. The summed E-state index contributed by atoms with van der Waals surface area (Å²) >= 11 is 5.91. The van der Waals surface area contributed by atoms with Crippen LogP contribution in [0, 0.1) is 19.7 Å². The van der Waals surface area contributed by atoms with Gasteiger partial charge in [-0.3, -0.25) is 9.71 Å². The molecule has 6 nitrogen and oxygen atoms in total. The first-order valence-electron chi connectivity index (χ1n) is 9.33. The van der Waals surface area contributed by atoms with E-state index in [1.807, 2.05) is 19.9 Å². The molecule has 164 valence electrons. The highest BCUT2D eigenvalue weighted by Crippen LogP contribution is 2.27. The summed E-state index contributed by atoms with van der Waals surface area (Å²) in [5.41, 5.74) is 3.63. The van der Waals surface area contributed by atoms with E-state index in [1.54, 1.807) is 6.20 Å². The first-order valence-corrected chi connectivity index (χ1v) is 11.8. The van der Waals surface area contributed by atoms with Crippen molar-refractivity contribution < 1.29 is 17.5 Å². The summed E-state index contributed by atoms with van der Waals surface area (Å²) in [4.78, 5) is 8.02. The van der Waals surface area contributed by atoms with Crippen LogP contribution < -0.4 is 14.8 Å². The van der Waals surface area contributed by atoms with Gasteiger partial charge >= 0.3 is 0 Å². The molecule has 3 rings (SSSR count). The number of anilines is 1. The number of nitrogens with one attached hydrogen (secondary N) is 1. The van der Waals surface area contributed by atoms with Gasteiger partial charge in [0.25, 0.3) is 10.0 Å². The maximum Gasteiger partial charge on any atom is 0.267 e. The van der Waals surface area contributed by atoms with Gasteiger partial charge in [-0.1, -0.05) is 17.7 Å². The van der Waals surface area contributed by atoms with Crippen LogP contribution in [0.5, 0.6) is 5.88 Å². The lowest BCUT2D eigenvalue weighted by molar-refractivity contribution is 0.385. The molecule has 2 heterocycles. The lowest BCUT2D eigenvalue weighted by atomic mass is 10.0. The number of hydrogen-bond donors (Lipinski definition) is 1. The Morgan fingerprint density at radius 2 is 1.90 bits per heavy atom. The first-order chi connectivity index (χ1) is 14.6. The topological polar surface area (TPSA) is 81.2 Å². The molecule has 0 aliphatic carbocycles. The minimum Gasteiger partial charge on any atom is -0.480 e. The Bertz CT molecular complexity index is 1240. The minimum absolute atomic E-state index is 0.0909.